The molecule has 1 aromatic carbocycles. The van der Waals surface area contributed by atoms with Crippen LogP contribution in [0, 0.1) is 0 Å². The first-order chi connectivity index (χ1) is 10.7. The van der Waals surface area contributed by atoms with Crippen molar-refractivity contribution in [2.24, 2.45) is 0 Å². The molecule has 0 fully saturated rings. The monoisotopic (exact) mass is 322 g/mol. The zero-order chi connectivity index (χ0) is 15.8. The molecule has 0 bridgehead atoms. The molecular formula is C15H18N2O4S. The number of benzene rings is 1. The SMILES string of the molecule is CCOC(=O)c1cnc(SCCOc2ccc(OC)cc2)[nH]1. The van der Waals surface area contributed by atoms with Gasteiger partial charge in [0.15, 0.2) is 5.16 Å². The van der Waals surface area contributed by atoms with Gasteiger partial charge < -0.3 is 19.2 Å². The van der Waals surface area contributed by atoms with E-state index in [-0.39, 0.29) is 0 Å². The smallest absolute Gasteiger partial charge is 0.356 e. The van der Waals surface area contributed by atoms with Gasteiger partial charge in [-0.05, 0) is 31.2 Å². The highest BCUT2D eigenvalue weighted by Gasteiger charge is 2.10. The van der Waals surface area contributed by atoms with Gasteiger partial charge in [0.2, 0.25) is 0 Å². The van der Waals surface area contributed by atoms with Gasteiger partial charge in [-0.15, -0.1) is 0 Å². The number of esters is 1. The summed E-state index contributed by atoms with van der Waals surface area (Å²) in [6.07, 6.45) is 1.48. The Morgan fingerprint density at radius 1 is 1.27 bits per heavy atom. The summed E-state index contributed by atoms with van der Waals surface area (Å²) in [4.78, 5) is 18.5. The lowest BCUT2D eigenvalue weighted by molar-refractivity contribution is 0.0519. The fourth-order valence-electron chi connectivity index (χ4n) is 1.66. The van der Waals surface area contributed by atoms with E-state index in [9.17, 15) is 4.79 Å². The molecule has 0 amide bonds. The summed E-state index contributed by atoms with van der Waals surface area (Å²) in [7, 11) is 1.63. The molecule has 118 valence electrons. The van der Waals surface area contributed by atoms with Crippen LogP contribution in [0.25, 0.3) is 0 Å². The molecule has 0 atom stereocenters. The predicted octanol–water partition coefficient (Wildman–Crippen LogP) is 2.77. The first-order valence-corrected chi connectivity index (χ1v) is 7.83. The van der Waals surface area contributed by atoms with Gasteiger partial charge in [-0.1, -0.05) is 11.8 Å². The van der Waals surface area contributed by atoms with Crippen LogP contribution in [-0.2, 0) is 4.74 Å². The summed E-state index contributed by atoms with van der Waals surface area (Å²) in [5.74, 6) is 1.90. The molecule has 0 spiro atoms. The van der Waals surface area contributed by atoms with Crippen LogP contribution < -0.4 is 9.47 Å². The number of imidazole rings is 1. The molecule has 22 heavy (non-hydrogen) atoms. The number of nitrogens with zero attached hydrogens (tertiary/aromatic N) is 1. The van der Waals surface area contributed by atoms with Gasteiger partial charge in [0.1, 0.15) is 17.2 Å². The molecule has 1 N–H and O–H groups in total. The largest absolute Gasteiger partial charge is 0.497 e. The molecule has 1 heterocycles. The first kappa shape index (κ1) is 16.2. The Bertz CT molecular complexity index is 598. The zero-order valence-corrected chi connectivity index (χ0v) is 13.3. The van der Waals surface area contributed by atoms with Crippen LogP contribution >= 0.6 is 11.8 Å². The summed E-state index contributed by atoms with van der Waals surface area (Å²) < 4.78 is 15.6. The molecule has 0 unspecified atom stereocenters. The van der Waals surface area contributed by atoms with Crippen molar-refractivity contribution in [2.45, 2.75) is 12.1 Å². The number of H-pyrrole nitrogens is 1. The number of carbonyl (C=O) groups is 1. The minimum atomic E-state index is -0.392. The number of aromatic amines is 1. The van der Waals surface area contributed by atoms with Crippen LogP contribution in [0.15, 0.2) is 35.6 Å². The van der Waals surface area contributed by atoms with Crippen molar-refractivity contribution < 1.29 is 19.0 Å². The Hall–Kier alpha value is -2.15. The standard InChI is InChI=1S/C15H18N2O4S/c1-3-20-14(18)13-10-16-15(17-13)22-9-8-21-12-6-4-11(19-2)5-7-12/h4-7,10H,3,8-9H2,1-2H3,(H,16,17). The molecule has 0 aliphatic heterocycles. The quantitative estimate of drug-likeness (QED) is 0.458. The third-order valence-corrected chi connectivity index (χ3v) is 3.55. The molecule has 7 heteroatoms. The Morgan fingerprint density at radius 3 is 2.68 bits per heavy atom. The topological polar surface area (TPSA) is 73.4 Å². The van der Waals surface area contributed by atoms with Gasteiger partial charge >= 0.3 is 5.97 Å². The molecule has 0 aliphatic carbocycles. The molecule has 2 rings (SSSR count). The summed E-state index contributed by atoms with van der Waals surface area (Å²) in [5, 5.41) is 0.668. The average Bonchev–Trinajstić information content (AvgIpc) is 3.01. The van der Waals surface area contributed by atoms with Gasteiger partial charge in [-0.25, -0.2) is 9.78 Å². The first-order valence-electron chi connectivity index (χ1n) is 6.84. The van der Waals surface area contributed by atoms with E-state index in [1.54, 1.807) is 14.0 Å². The Kier molecular flexibility index (Phi) is 6.14. The minimum Gasteiger partial charge on any atom is -0.497 e. The maximum Gasteiger partial charge on any atom is 0.356 e. The number of nitrogens with one attached hydrogen (secondary N) is 1. The van der Waals surface area contributed by atoms with Gasteiger partial charge in [0.25, 0.3) is 0 Å². The molecule has 6 nitrogen and oxygen atoms in total. The van der Waals surface area contributed by atoms with E-state index in [0.29, 0.717) is 29.8 Å². The number of carbonyl (C=O) groups excluding carboxylic acids is 1. The molecule has 2 aromatic rings. The van der Waals surface area contributed by atoms with Crippen molar-refractivity contribution in [3.05, 3.63) is 36.2 Å². The third kappa shape index (κ3) is 4.70. The Balaban J connectivity index is 1.73. The number of rotatable bonds is 8. The number of thioether (sulfide) groups is 1. The van der Waals surface area contributed by atoms with E-state index in [2.05, 4.69) is 9.97 Å². The lowest BCUT2D eigenvalue weighted by Crippen LogP contribution is -2.04. The van der Waals surface area contributed by atoms with Crippen molar-refractivity contribution in [3.8, 4) is 11.5 Å². The van der Waals surface area contributed by atoms with E-state index in [1.165, 1.54) is 18.0 Å². The predicted molar refractivity (Wildman–Crippen MR) is 83.8 cm³/mol. The van der Waals surface area contributed by atoms with E-state index >= 15 is 0 Å². The van der Waals surface area contributed by atoms with Gasteiger partial charge in [0.05, 0.1) is 26.5 Å². The lowest BCUT2D eigenvalue weighted by atomic mass is 10.3. The maximum atomic E-state index is 11.5. The van der Waals surface area contributed by atoms with Crippen LogP contribution in [-0.4, -0.2) is 42.0 Å². The number of aromatic nitrogens is 2. The normalized spacial score (nSPS) is 10.3. The molecule has 0 aliphatic rings. The Labute approximate surface area is 133 Å². The van der Waals surface area contributed by atoms with E-state index < -0.39 is 5.97 Å². The maximum absolute atomic E-state index is 11.5. The number of methoxy groups -OCH3 is 1. The third-order valence-electron chi connectivity index (χ3n) is 2.70. The van der Waals surface area contributed by atoms with Crippen molar-refractivity contribution in [2.75, 3.05) is 26.1 Å². The average molecular weight is 322 g/mol. The fourth-order valence-corrected chi connectivity index (χ4v) is 2.33. The summed E-state index contributed by atoms with van der Waals surface area (Å²) >= 11 is 1.48. The fraction of sp³-hybridized carbons (Fsp3) is 0.333. The summed E-state index contributed by atoms with van der Waals surface area (Å²) in [6, 6.07) is 7.41. The zero-order valence-electron chi connectivity index (χ0n) is 12.5. The van der Waals surface area contributed by atoms with Gasteiger partial charge in [-0.2, -0.15) is 0 Å². The van der Waals surface area contributed by atoms with Crippen molar-refractivity contribution >= 4 is 17.7 Å². The number of hydrogen-bond donors (Lipinski definition) is 1. The Morgan fingerprint density at radius 2 is 2.00 bits per heavy atom. The van der Waals surface area contributed by atoms with E-state index in [0.717, 1.165) is 11.5 Å². The second-order valence-corrected chi connectivity index (χ2v) is 5.28. The van der Waals surface area contributed by atoms with E-state index in [4.69, 9.17) is 14.2 Å². The van der Waals surface area contributed by atoms with E-state index in [1.807, 2.05) is 24.3 Å². The molecule has 0 saturated heterocycles. The second kappa shape index (κ2) is 8.33. The second-order valence-electron chi connectivity index (χ2n) is 4.19. The molecule has 0 radical (unpaired) electrons. The highest BCUT2D eigenvalue weighted by molar-refractivity contribution is 7.99. The summed E-state index contributed by atoms with van der Waals surface area (Å²) in [6.45, 7) is 2.64. The molecule has 1 aromatic heterocycles. The van der Waals surface area contributed by atoms with Crippen LogP contribution in [0.5, 0.6) is 11.5 Å². The highest BCUT2D eigenvalue weighted by Crippen LogP contribution is 2.18. The molecule has 0 saturated carbocycles. The highest BCUT2D eigenvalue weighted by atomic mass is 32.2. The van der Waals surface area contributed by atoms with Crippen LogP contribution in [0.3, 0.4) is 0 Å². The minimum absolute atomic E-state index is 0.343. The van der Waals surface area contributed by atoms with Crippen molar-refractivity contribution in [1.82, 2.24) is 9.97 Å². The summed E-state index contributed by atoms with van der Waals surface area (Å²) in [5.41, 5.74) is 0.362. The van der Waals surface area contributed by atoms with Crippen LogP contribution in [0.1, 0.15) is 17.4 Å². The van der Waals surface area contributed by atoms with Crippen molar-refractivity contribution in [3.63, 3.8) is 0 Å². The van der Waals surface area contributed by atoms with Gasteiger partial charge in [-0.3, -0.25) is 0 Å². The van der Waals surface area contributed by atoms with Crippen molar-refractivity contribution in [1.29, 1.82) is 0 Å². The number of hydrogen-bond acceptors (Lipinski definition) is 6. The van der Waals surface area contributed by atoms with Crippen LogP contribution in [0.4, 0.5) is 0 Å². The van der Waals surface area contributed by atoms with Gasteiger partial charge in [0, 0.05) is 5.75 Å². The molecular weight excluding hydrogens is 304 g/mol. The lowest BCUT2D eigenvalue weighted by Gasteiger charge is -2.06. The number of ether oxygens (including phenoxy) is 3. The van der Waals surface area contributed by atoms with Crippen LogP contribution in [0.2, 0.25) is 0 Å².